The molecule has 3 heterocycles. The second-order valence-corrected chi connectivity index (χ2v) is 8.96. The van der Waals surface area contributed by atoms with Gasteiger partial charge in [0.2, 0.25) is 5.91 Å². The molecular weight excluding hydrogens is 454 g/mol. The van der Waals surface area contributed by atoms with Crippen LogP contribution in [-0.2, 0) is 17.8 Å². The van der Waals surface area contributed by atoms with Crippen LogP contribution in [0.1, 0.15) is 32.0 Å². The molecule has 3 amide bonds. The van der Waals surface area contributed by atoms with Crippen molar-refractivity contribution in [3.8, 4) is 0 Å². The van der Waals surface area contributed by atoms with Gasteiger partial charge in [-0.1, -0.05) is 35.9 Å². The van der Waals surface area contributed by atoms with Crippen LogP contribution in [0.3, 0.4) is 0 Å². The molecule has 3 aromatic rings. The topological polar surface area (TPSA) is 74.1 Å². The highest BCUT2D eigenvalue weighted by Crippen LogP contribution is 2.27. The smallest absolute Gasteiger partial charge is 0.290 e. The molecule has 8 heteroatoms. The van der Waals surface area contributed by atoms with E-state index in [1.165, 1.54) is 6.26 Å². The van der Waals surface area contributed by atoms with Gasteiger partial charge >= 0.3 is 0 Å². The lowest BCUT2D eigenvalue weighted by Crippen LogP contribution is -2.58. The number of halogens is 1. The Bertz CT molecular complexity index is 1200. The van der Waals surface area contributed by atoms with Gasteiger partial charge in [0.15, 0.2) is 5.76 Å². The van der Waals surface area contributed by atoms with Gasteiger partial charge in [-0.15, -0.1) is 0 Å². The van der Waals surface area contributed by atoms with Crippen LogP contribution < -0.4 is 0 Å². The van der Waals surface area contributed by atoms with Gasteiger partial charge in [-0.25, -0.2) is 0 Å². The van der Waals surface area contributed by atoms with Crippen LogP contribution in [-0.4, -0.2) is 64.6 Å². The van der Waals surface area contributed by atoms with E-state index in [-0.39, 0.29) is 23.5 Å². The van der Waals surface area contributed by atoms with Crippen molar-refractivity contribution in [2.75, 3.05) is 26.2 Å². The summed E-state index contributed by atoms with van der Waals surface area (Å²) in [6.45, 7) is 2.05. The van der Waals surface area contributed by atoms with Crippen LogP contribution in [0.4, 0.5) is 0 Å². The number of hydrogen-bond acceptors (Lipinski definition) is 4. The number of nitrogens with zero attached hydrogens (tertiary/aromatic N) is 3. The summed E-state index contributed by atoms with van der Waals surface area (Å²) in [5, 5.41) is 0.578. The molecule has 1 atom stereocenters. The maximum atomic E-state index is 13.6. The highest BCUT2D eigenvalue weighted by atomic mass is 35.5. The van der Waals surface area contributed by atoms with Crippen molar-refractivity contribution in [2.24, 2.45) is 0 Å². The number of amides is 3. The number of rotatable bonds is 3. The molecule has 1 saturated heterocycles. The van der Waals surface area contributed by atoms with Crippen molar-refractivity contribution in [3.05, 3.63) is 94.4 Å². The van der Waals surface area contributed by atoms with E-state index >= 15 is 0 Å². The third-order valence-electron chi connectivity index (χ3n) is 6.50. The zero-order valence-corrected chi connectivity index (χ0v) is 19.3. The standard InChI is InChI=1S/C26H24ClN3O4/c27-21-9-7-18(8-10-21)24(31)28-11-13-29(14-12-28)25(32)22-16-19-4-1-2-5-20(19)17-30(22)26(33)23-6-3-15-34-23/h1-10,15,22H,11-14,16-17H2. The molecule has 1 fully saturated rings. The summed E-state index contributed by atoms with van der Waals surface area (Å²) in [5.74, 6) is -0.261. The maximum absolute atomic E-state index is 13.6. The predicted molar refractivity (Wildman–Crippen MR) is 126 cm³/mol. The van der Waals surface area contributed by atoms with Crippen LogP contribution in [0.15, 0.2) is 71.3 Å². The number of carbonyl (C=O) groups excluding carboxylic acids is 3. The van der Waals surface area contributed by atoms with E-state index in [0.29, 0.717) is 49.7 Å². The molecule has 0 saturated carbocycles. The van der Waals surface area contributed by atoms with Gasteiger partial charge in [0, 0.05) is 49.7 Å². The molecule has 34 heavy (non-hydrogen) atoms. The van der Waals surface area contributed by atoms with Gasteiger partial charge in [-0.3, -0.25) is 14.4 Å². The second-order valence-electron chi connectivity index (χ2n) is 8.52. The monoisotopic (exact) mass is 477 g/mol. The molecule has 0 N–H and O–H groups in total. The lowest BCUT2D eigenvalue weighted by Gasteiger charge is -2.41. The van der Waals surface area contributed by atoms with Crippen LogP contribution in [0, 0.1) is 0 Å². The lowest BCUT2D eigenvalue weighted by atomic mass is 9.92. The van der Waals surface area contributed by atoms with Gasteiger partial charge in [-0.05, 0) is 47.5 Å². The second kappa shape index (κ2) is 9.35. The van der Waals surface area contributed by atoms with Crippen molar-refractivity contribution < 1.29 is 18.8 Å². The third kappa shape index (κ3) is 4.31. The SMILES string of the molecule is O=C(c1ccc(Cl)cc1)N1CCN(C(=O)C2Cc3ccccc3CN2C(=O)c2ccco2)CC1. The van der Waals surface area contributed by atoms with E-state index in [1.54, 1.807) is 51.1 Å². The summed E-state index contributed by atoms with van der Waals surface area (Å²) >= 11 is 5.93. The number of hydrogen-bond donors (Lipinski definition) is 0. The first-order valence-electron chi connectivity index (χ1n) is 11.3. The summed E-state index contributed by atoms with van der Waals surface area (Å²) < 4.78 is 5.33. The maximum Gasteiger partial charge on any atom is 0.290 e. The van der Waals surface area contributed by atoms with Crippen LogP contribution in [0.2, 0.25) is 5.02 Å². The average Bonchev–Trinajstić information content (AvgIpc) is 3.42. The summed E-state index contributed by atoms with van der Waals surface area (Å²) in [6.07, 6.45) is 1.91. The quantitative estimate of drug-likeness (QED) is 0.579. The Morgan fingerprint density at radius 1 is 0.794 bits per heavy atom. The molecule has 5 rings (SSSR count). The van der Waals surface area contributed by atoms with Gasteiger partial charge in [0.1, 0.15) is 6.04 Å². The number of piperazine rings is 1. The number of furan rings is 1. The van der Waals surface area contributed by atoms with Crippen LogP contribution in [0.5, 0.6) is 0 Å². The van der Waals surface area contributed by atoms with Gasteiger partial charge in [0.25, 0.3) is 11.8 Å². The Labute approximate surface area is 202 Å². The summed E-state index contributed by atoms with van der Waals surface area (Å²) in [6, 6.07) is 17.3. The minimum Gasteiger partial charge on any atom is -0.459 e. The molecule has 0 radical (unpaired) electrons. The van der Waals surface area contributed by atoms with Crippen molar-refractivity contribution in [2.45, 2.75) is 19.0 Å². The highest BCUT2D eigenvalue weighted by Gasteiger charge is 2.39. The Morgan fingerprint density at radius 2 is 1.47 bits per heavy atom. The fourth-order valence-corrected chi connectivity index (χ4v) is 4.74. The Hall–Kier alpha value is -3.58. The van der Waals surface area contributed by atoms with E-state index < -0.39 is 6.04 Å². The fourth-order valence-electron chi connectivity index (χ4n) is 4.61. The molecule has 2 aliphatic heterocycles. The first kappa shape index (κ1) is 22.2. The summed E-state index contributed by atoms with van der Waals surface area (Å²) in [5.41, 5.74) is 2.68. The zero-order chi connectivity index (χ0) is 23.7. The largest absolute Gasteiger partial charge is 0.459 e. The van der Waals surface area contributed by atoms with Gasteiger partial charge in [-0.2, -0.15) is 0 Å². The molecule has 1 aromatic heterocycles. The molecule has 2 aromatic carbocycles. The van der Waals surface area contributed by atoms with Crippen LogP contribution >= 0.6 is 11.6 Å². The normalized spacial score (nSPS) is 17.9. The highest BCUT2D eigenvalue weighted by molar-refractivity contribution is 6.30. The predicted octanol–water partition coefficient (Wildman–Crippen LogP) is 3.48. The molecule has 174 valence electrons. The lowest BCUT2D eigenvalue weighted by molar-refractivity contribution is -0.138. The third-order valence-corrected chi connectivity index (χ3v) is 6.75. The van der Waals surface area contributed by atoms with Crippen molar-refractivity contribution in [3.63, 3.8) is 0 Å². The molecule has 7 nitrogen and oxygen atoms in total. The molecule has 1 unspecified atom stereocenters. The number of benzene rings is 2. The average molecular weight is 478 g/mol. The summed E-state index contributed by atoms with van der Waals surface area (Å²) in [7, 11) is 0. The van der Waals surface area contributed by atoms with E-state index in [0.717, 1.165) is 11.1 Å². The van der Waals surface area contributed by atoms with Crippen LogP contribution in [0.25, 0.3) is 0 Å². The molecule has 2 aliphatic rings. The van der Waals surface area contributed by atoms with Gasteiger partial charge < -0.3 is 19.1 Å². The Balaban J connectivity index is 1.31. The van der Waals surface area contributed by atoms with E-state index in [4.69, 9.17) is 16.0 Å². The minimum atomic E-state index is -0.619. The van der Waals surface area contributed by atoms with Gasteiger partial charge in [0.05, 0.1) is 6.26 Å². The summed E-state index contributed by atoms with van der Waals surface area (Å²) in [4.78, 5) is 44.7. The van der Waals surface area contributed by atoms with E-state index in [1.807, 2.05) is 24.3 Å². The fraction of sp³-hybridized carbons (Fsp3) is 0.269. The molecular formula is C26H24ClN3O4. The Kier molecular flexibility index (Phi) is 6.11. The molecule has 0 aliphatic carbocycles. The van der Waals surface area contributed by atoms with E-state index in [9.17, 15) is 14.4 Å². The zero-order valence-electron chi connectivity index (χ0n) is 18.5. The minimum absolute atomic E-state index is 0.0787. The van der Waals surface area contributed by atoms with Crippen molar-refractivity contribution in [1.82, 2.24) is 14.7 Å². The number of fused-ring (bicyclic) bond motifs is 1. The van der Waals surface area contributed by atoms with E-state index in [2.05, 4.69) is 0 Å². The first-order valence-corrected chi connectivity index (χ1v) is 11.6. The van der Waals surface area contributed by atoms with Crippen molar-refractivity contribution in [1.29, 1.82) is 0 Å². The first-order chi connectivity index (χ1) is 16.5. The molecule has 0 bridgehead atoms. The molecule has 0 spiro atoms. The number of carbonyl (C=O) groups is 3. The van der Waals surface area contributed by atoms with Crippen molar-refractivity contribution >= 4 is 29.3 Å². The Morgan fingerprint density at radius 3 is 2.15 bits per heavy atom.